The minimum atomic E-state index is -0.733. The number of hydrogen-bond acceptors (Lipinski definition) is 5. The highest BCUT2D eigenvalue weighted by Crippen LogP contribution is 2.14. The van der Waals surface area contributed by atoms with Gasteiger partial charge in [-0.3, -0.25) is 9.59 Å². The fourth-order valence-electron chi connectivity index (χ4n) is 1.36. The maximum Gasteiger partial charge on any atom is 0.307 e. The summed E-state index contributed by atoms with van der Waals surface area (Å²) in [7, 11) is 2.71. The second kappa shape index (κ2) is 7.24. The molecular weight excluding hydrogens is 226 g/mol. The zero-order chi connectivity index (χ0) is 13.5. The number of ether oxygens (including phenoxy) is 2. The molecule has 100 valence electrons. The topological polar surface area (TPSA) is 76.1 Å². The molecule has 0 saturated heterocycles. The first-order valence-electron chi connectivity index (χ1n) is 5.36. The fourth-order valence-corrected chi connectivity index (χ4v) is 1.36. The summed E-state index contributed by atoms with van der Waals surface area (Å²) in [6, 6.07) is 0. The molecule has 1 N–H and O–H groups in total. The van der Waals surface area contributed by atoms with Gasteiger partial charge < -0.3 is 19.5 Å². The minimum Gasteiger partial charge on any atom is -0.469 e. The molecule has 0 unspecified atom stereocenters. The predicted octanol–water partition coefficient (Wildman–Crippen LogP) is -0.205. The maximum absolute atomic E-state index is 11.8. The van der Waals surface area contributed by atoms with Crippen LogP contribution in [-0.4, -0.2) is 61.4 Å². The van der Waals surface area contributed by atoms with E-state index in [-0.39, 0.29) is 32.1 Å². The van der Waals surface area contributed by atoms with Crippen molar-refractivity contribution < 1.29 is 24.2 Å². The van der Waals surface area contributed by atoms with Crippen molar-refractivity contribution in [1.82, 2.24) is 4.90 Å². The highest BCUT2D eigenvalue weighted by molar-refractivity contribution is 5.79. The number of carbonyl (C=O) groups is 2. The first kappa shape index (κ1) is 15.9. The van der Waals surface area contributed by atoms with Crippen molar-refractivity contribution in [2.24, 2.45) is 0 Å². The van der Waals surface area contributed by atoms with Crippen LogP contribution in [0.2, 0.25) is 0 Å². The van der Waals surface area contributed by atoms with Crippen LogP contribution in [0.15, 0.2) is 0 Å². The van der Waals surface area contributed by atoms with Crippen LogP contribution >= 0.6 is 0 Å². The lowest BCUT2D eigenvalue weighted by molar-refractivity contribution is -0.146. The summed E-state index contributed by atoms with van der Waals surface area (Å²) in [6.07, 6.45) is 0.0926. The summed E-state index contributed by atoms with van der Waals surface area (Å²) in [4.78, 5) is 24.3. The molecule has 6 heteroatoms. The molecule has 0 aromatic carbocycles. The molecule has 0 aliphatic rings. The van der Waals surface area contributed by atoms with Gasteiger partial charge in [0.1, 0.15) is 6.61 Å². The zero-order valence-corrected chi connectivity index (χ0v) is 10.9. The van der Waals surface area contributed by atoms with E-state index < -0.39 is 11.5 Å². The third kappa shape index (κ3) is 5.14. The van der Waals surface area contributed by atoms with E-state index >= 15 is 0 Å². The largest absolute Gasteiger partial charge is 0.469 e. The molecule has 6 nitrogen and oxygen atoms in total. The van der Waals surface area contributed by atoms with Crippen LogP contribution in [0.3, 0.4) is 0 Å². The Morgan fingerprint density at radius 1 is 1.29 bits per heavy atom. The molecule has 0 heterocycles. The molecule has 0 saturated carbocycles. The fraction of sp³-hybridized carbons (Fsp3) is 0.818. The standard InChI is InChI=1S/C11H21NO5/c1-11(2,8-13)12(9(14)7-16-3)6-5-10(15)17-4/h13H,5-8H2,1-4H3. The molecule has 0 spiro atoms. The Morgan fingerprint density at radius 3 is 2.29 bits per heavy atom. The zero-order valence-electron chi connectivity index (χ0n) is 10.9. The summed E-state index contributed by atoms with van der Waals surface area (Å²) in [5, 5.41) is 9.25. The number of aliphatic hydroxyl groups is 1. The number of hydrogen-bond donors (Lipinski definition) is 1. The lowest BCUT2D eigenvalue weighted by Crippen LogP contribution is -2.52. The van der Waals surface area contributed by atoms with Crippen molar-refractivity contribution >= 4 is 11.9 Å². The Kier molecular flexibility index (Phi) is 6.75. The Hall–Kier alpha value is -1.14. The molecule has 0 bridgehead atoms. The molecule has 0 fully saturated rings. The van der Waals surface area contributed by atoms with Gasteiger partial charge in [0.15, 0.2) is 0 Å². The second-order valence-corrected chi connectivity index (χ2v) is 4.28. The Bertz CT molecular complexity index is 265. The number of amides is 1. The molecule has 0 aromatic heterocycles. The van der Waals surface area contributed by atoms with Gasteiger partial charge in [0.25, 0.3) is 0 Å². The first-order chi connectivity index (χ1) is 7.88. The second-order valence-electron chi connectivity index (χ2n) is 4.28. The molecule has 0 atom stereocenters. The van der Waals surface area contributed by atoms with Gasteiger partial charge in [-0.25, -0.2) is 0 Å². The highest BCUT2D eigenvalue weighted by atomic mass is 16.5. The van der Waals surface area contributed by atoms with E-state index in [4.69, 9.17) is 4.74 Å². The van der Waals surface area contributed by atoms with Gasteiger partial charge in [-0.05, 0) is 13.8 Å². The van der Waals surface area contributed by atoms with E-state index in [1.807, 2.05) is 0 Å². The number of carbonyl (C=O) groups excluding carboxylic acids is 2. The lowest BCUT2D eigenvalue weighted by Gasteiger charge is -2.37. The van der Waals surface area contributed by atoms with Crippen molar-refractivity contribution in [2.45, 2.75) is 25.8 Å². The van der Waals surface area contributed by atoms with E-state index in [1.54, 1.807) is 13.8 Å². The van der Waals surface area contributed by atoms with Gasteiger partial charge in [-0.15, -0.1) is 0 Å². The van der Waals surface area contributed by atoms with Crippen LogP contribution in [0.1, 0.15) is 20.3 Å². The van der Waals surface area contributed by atoms with Gasteiger partial charge in [0.05, 0.1) is 25.7 Å². The number of nitrogens with zero attached hydrogens (tertiary/aromatic N) is 1. The summed E-state index contributed by atoms with van der Waals surface area (Å²) in [6.45, 7) is 3.37. The van der Waals surface area contributed by atoms with Crippen molar-refractivity contribution in [3.63, 3.8) is 0 Å². The maximum atomic E-state index is 11.8. The quantitative estimate of drug-likeness (QED) is 0.630. The molecule has 0 radical (unpaired) electrons. The summed E-state index contributed by atoms with van der Waals surface area (Å²) in [5.74, 6) is -0.663. The number of aliphatic hydroxyl groups excluding tert-OH is 1. The van der Waals surface area contributed by atoms with Gasteiger partial charge >= 0.3 is 5.97 Å². The van der Waals surface area contributed by atoms with Crippen LogP contribution in [0, 0.1) is 0 Å². The SMILES string of the molecule is COCC(=O)N(CCC(=O)OC)C(C)(C)CO. The summed E-state index contributed by atoms with van der Waals surface area (Å²) in [5.41, 5.74) is -0.733. The Labute approximate surface area is 101 Å². The normalized spacial score (nSPS) is 11.1. The van der Waals surface area contributed by atoms with Gasteiger partial charge in [0, 0.05) is 13.7 Å². The number of rotatable bonds is 7. The highest BCUT2D eigenvalue weighted by Gasteiger charge is 2.30. The third-order valence-electron chi connectivity index (χ3n) is 2.45. The Balaban J connectivity index is 4.62. The third-order valence-corrected chi connectivity index (χ3v) is 2.45. The smallest absolute Gasteiger partial charge is 0.307 e. The van der Waals surface area contributed by atoms with Crippen LogP contribution in [0.4, 0.5) is 0 Å². The molecule has 0 aliphatic heterocycles. The van der Waals surface area contributed by atoms with Crippen LogP contribution in [-0.2, 0) is 19.1 Å². The summed E-state index contributed by atoms with van der Waals surface area (Å²) < 4.78 is 9.28. The van der Waals surface area contributed by atoms with Gasteiger partial charge in [-0.2, -0.15) is 0 Å². The average molecular weight is 247 g/mol. The van der Waals surface area contributed by atoms with Crippen LogP contribution < -0.4 is 0 Å². The molecule has 0 rings (SSSR count). The van der Waals surface area contributed by atoms with Crippen molar-refractivity contribution in [1.29, 1.82) is 0 Å². The lowest BCUT2D eigenvalue weighted by atomic mass is 10.0. The molecule has 0 aliphatic carbocycles. The summed E-state index contributed by atoms with van der Waals surface area (Å²) >= 11 is 0. The van der Waals surface area contributed by atoms with Crippen molar-refractivity contribution in [2.75, 3.05) is 34.0 Å². The molecular formula is C11H21NO5. The van der Waals surface area contributed by atoms with E-state index in [0.717, 1.165) is 0 Å². The van der Waals surface area contributed by atoms with Gasteiger partial charge in [-0.1, -0.05) is 0 Å². The molecule has 0 aromatic rings. The average Bonchev–Trinajstić information content (AvgIpc) is 2.29. The van der Waals surface area contributed by atoms with Crippen LogP contribution in [0.5, 0.6) is 0 Å². The predicted molar refractivity (Wildman–Crippen MR) is 61.4 cm³/mol. The molecule has 17 heavy (non-hydrogen) atoms. The number of methoxy groups -OCH3 is 2. The van der Waals surface area contributed by atoms with Gasteiger partial charge in [0.2, 0.25) is 5.91 Å². The van der Waals surface area contributed by atoms with E-state index in [9.17, 15) is 14.7 Å². The Morgan fingerprint density at radius 2 is 1.88 bits per heavy atom. The number of esters is 1. The van der Waals surface area contributed by atoms with E-state index in [0.29, 0.717) is 0 Å². The van der Waals surface area contributed by atoms with Crippen molar-refractivity contribution in [3.05, 3.63) is 0 Å². The van der Waals surface area contributed by atoms with Crippen molar-refractivity contribution in [3.8, 4) is 0 Å². The first-order valence-corrected chi connectivity index (χ1v) is 5.36. The molecule has 1 amide bonds. The van der Waals surface area contributed by atoms with E-state index in [1.165, 1.54) is 19.1 Å². The monoisotopic (exact) mass is 247 g/mol. The van der Waals surface area contributed by atoms with E-state index in [2.05, 4.69) is 4.74 Å². The van der Waals surface area contributed by atoms with Crippen LogP contribution in [0.25, 0.3) is 0 Å². The minimum absolute atomic E-state index is 0.0788.